The topological polar surface area (TPSA) is 119 Å². The summed E-state index contributed by atoms with van der Waals surface area (Å²) in [6, 6.07) is 7.77. The molecule has 8 nitrogen and oxygen atoms in total. The van der Waals surface area contributed by atoms with E-state index in [1.54, 1.807) is 24.3 Å². The highest BCUT2D eigenvalue weighted by atomic mass is 16.5. The Morgan fingerprint density at radius 1 is 1.27 bits per heavy atom. The minimum atomic E-state index is -0.565. The monoisotopic (exact) mass is 360 g/mol. The Bertz CT molecular complexity index is 804. The number of para-hydroxylation sites is 2. The van der Waals surface area contributed by atoms with E-state index in [1.807, 2.05) is 0 Å². The van der Waals surface area contributed by atoms with Gasteiger partial charge in [-0.25, -0.2) is 0 Å². The Kier molecular flexibility index (Phi) is 7.16. The molecular formula is C18H24N4O4. The SMILES string of the molecule is COc1ccccc1-n1nc(C(=O)NCCCCCCN)c(O)cc1=O. The van der Waals surface area contributed by atoms with Gasteiger partial charge in [0.2, 0.25) is 0 Å². The minimum absolute atomic E-state index is 0.211. The van der Waals surface area contributed by atoms with Crippen LogP contribution in [0.4, 0.5) is 0 Å². The first-order chi connectivity index (χ1) is 12.6. The minimum Gasteiger partial charge on any atom is -0.505 e. The van der Waals surface area contributed by atoms with Gasteiger partial charge >= 0.3 is 0 Å². The summed E-state index contributed by atoms with van der Waals surface area (Å²) >= 11 is 0. The highest BCUT2D eigenvalue weighted by Crippen LogP contribution is 2.21. The van der Waals surface area contributed by atoms with Gasteiger partial charge in [0.25, 0.3) is 11.5 Å². The molecule has 140 valence electrons. The van der Waals surface area contributed by atoms with Crippen LogP contribution in [0.1, 0.15) is 36.2 Å². The molecule has 0 atom stereocenters. The predicted octanol–water partition coefficient (Wildman–Crippen LogP) is 1.20. The van der Waals surface area contributed by atoms with Crippen LogP contribution in [0.5, 0.6) is 11.5 Å². The lowest BCUT2D eigenvalue weighted by Gasteiger charge is -2.12. The number of hydrogen-bond donors (Lipinski definition) is 3. The number of rotatable bonds is 9. The van der Waals surface area contributed by atoms with Gasteiger partial charge < -0.3 is 20.9 Å². The first-order valence-electron chi connectivity index (χ1n) is 8.53. The summed E-state index contributed by atoms with van der Waals surface area (Å²) in [7, 11) is 1.47. The van der Waals surface area contributed by atoms with Crippen molar-refractivity contribution in [3.8, 4) is 17.2 Å². The predicted molar refractivity (Wildman–Crippen MR) is 97.9 cm³/mol. The van der Waals surface area contributed by atoms with Crippen molar-refractivity contribution in [3.05, 3.63) is 46.4 Å². The maximum atomic E-state index is 12.3. The van der Waals surface area contributed by atoms with Gasteiger partial charge in [-0.15, -0.1) is 0 Å². The lowest BCUT2D eigenvalue weighted by molar-refractivity contribution is 0.0943. The van der Waals surface area contributed by atoms with Crippen LogP contribution in [0.2, 0.25) is 0 Å². The quantitative estimate of drug-likeness (QED) is 0.578. The van der Waals surface area contributed by atoms with Gasteiger partial charge in [0.1, 0.15) is 11.4 Å². The molecule has 2 rings (SSSR count). The molecule has 0 bridgehead atoms. The lowest BCUT2D eigenvalue weighted by atomic mass is 10.2. The lowest BCUT2D eigenvalue weighted by Crippen LogP contribution is -2.30. The number of carbonyl (C=O) groups is 1. The molecule has 0 saturated heterocycles. The van der Waals surface area contributed by atoms with E-state index in [2.05, 4.69) is 10.4 Å². The Morgan fingerprint density at radius 3 is 2.73 bits per heavy atom. The van der Waals surface area contributed by atoms with Crippen molar-refractivity contribution in [2.75, 3.05) is 20.2 Å². The number of aromatic hydroxyl groups is 1. The molecule has 0 aliphatic rings. The largest absolute Gasteiger partial charge is 0.505 e. The molecule has 1 aromatic carbocycles. The summed E-state index contributed by atoms with van der Waals surface area (Å²) in [5, 5.41) is 16.7. The van der Waals surface area contributed by atoms with Crippen molar-refractivity contribution < 1.29 is 14.6 Å². The molecule has 8 heteroatoms. The van der Waals surface area contributed by atoms with Gasteiger partial charge in [0, 0.05) is 12.6 Å². The molecule has 0 fully saturated rings. The van der Waals surface area contributed by atoms with E-state index in [1.165, 1.54) is 7.11 Å². The number of carbonyl (C=O) groups excluding carboxylic acids is 1. The van der Waals surface area contributed by atoms with E-state index in [4.69, 9.17) is 10.5 Å². The number of hydrogen-bond acceptors (Lipinski definition) is 6. The standard InChI is InChI=1S/C18H24N4O4/c1-26-15-9-5-4-8-13(15)22-16(24)12-14(23)17(21-22)18(25)20-11-7-3-2-6-10-19/h4-5,8-9,12,23H,2-3,6-7,10-11,19H2,1H3,(H,20,25). The number of ether oxygens (including phenoxy) is 1. The van der Waals surface area contributed by atoms with Gasteiger partial charge in [-0.3, -0.25) is 9.59 Å². The van der Waals surface area contributed by atoms with Crippen molar-refractivity contribution in [2.45, 2.75) is 25.7 Å². The smallest absolute Gasteiger partial charge is 0.275 e. The number of aromatic nitrogens is 2. The fourth-order valence-corrected chi connectivity index (χ4v) is 2.49. The molecule has 1 heterocycles. The third-order valence-electron chi connectivity index (χ3n) is 3.86. The Morgan fingerprint density at radius 2 is 2.00 bits per heavy atom. The molecule has 0 radical (unpaired) electrons. The van der Waals surface area contributed by atoms with E-state index in [-0.39, 0.29) is 5.69 Å². The third kappa shape index (κ3) is 4.82. The van der Waals surface area contributed by atoms with E-state index in [0.717, 1.165) is 36.4 Å². The van der Waals surface area contributed by atoms with Crippen molar-refractivity contribution >= 4 is 5.91 Å². The van der Waals surface area contributed by atoms with Crippen LogP contribution in [-0.4, -0.2) is 41.0 Å². The molecule has 4 N–H and O–H groups in total. The third-order valence-corrected chi connectivity index (χ3v) is 3.86. The average Bonchev–Trinajstić information content (AvgIpc) is 2.64. The molecule has 0 spiro atoms. The Hall–Kier alpha value is -2.87. The number of nitrogens with one attached hydrogen (secondary N) is 1. The van der Waals surface area contributed by atoms with Gasteiger partial charge in [-0.05, 0) is 31.5 Å². The summed E-state index contributed by atoms with van der Waals surface area (Å²) in [6.45, 7) is 1.12. The van der Waals surface area contributed by atoms with Crippen molar-refractivity contribution in [1.82, 2.24) is 15.1 Å². The van der Waals surface area contributed by atoms with Crippen molar-refractivity contribution in [1.29, 1.82) is 0 Å². The number of methoxy groups -OCH3 is 1. The number of unbranched alkanes of at least 4 members (excludes halogenated alkanes) is 3. The molecule has 1 aromatic heterocycles. The number of nitrogens with zero attached hydrogens (tertiary/aromatic N) is 2. The Balaban J connectivity index is 2.17. The van der Waals surface area contributed by atoms with Gasteiger partial charge in [-0.2, -0.15) is 9.78 Å². The summed E-state index contributed by atoms with van der Waals surface area (Å²) in [5.74, 6) is -0.564. The fourth-order valence-electron chi connectivity index (χ4n) is 2.49. The van der Waals surface area contributed by atoms with Crippen molar-refractivity contribution in [2.24, 2.45) is 5.73 Å². The maximum absolute atomic E-state index is 12.3. The van der Waals surface area contributed by atoms with Crippen LogP contribution in [0.3, 0.4) is 0 Å². The second-order valence-corrected chi connectivity index (χ2v) is 5.76. The van der Waals surface area contributed by atoms with E-state index < -0.39 is 17.2 Å². The normalized spacial score (nSPS) is 10.5. The van der Waals surface area contributed by atoms with Gasteiger partial charge in [0.05, 0.1) is 7.11 Å². The van der Waals surface area contributed by atoms with E-state index >= 15 is 0 Å². The van der Waals surface area contributed by atoms with Crippen LogP contribution < -0.4 is 21.3 Å². The second kappa shape index (κ2) is 9.57. The second-order valence-electron chi connectivity index (χ2n) is 5.76. The van der Waals surface area contributed by atoms with Crippen molar-refractivity contribution in [3.63, 3.8) is 0 Å². The maximum Gasteiger partial charge on any atom is 0.275 e. The molecule has 2 aromatic rings. The van der Waals surface area contributed by atoms with Crippen LogP contribution in [0, 0.1) is 0 Å². The molecule has 26 heavy (non-hydrogen) atoms. The highest BCUT2D eigenvalue weighted by Gasteiger charge is 2.17. The number of nitrogens with two attached hydrogens (primary N) is 1. The summed E-state index contributed by atoms with van der Waals surface area (Å²) < 4.78 is 6.26. The van der Waals surface area contributed by atoms with Crippen LogP contribution in [0.25, 0.3) is 5.69 Å². The van der Waals surface area contributed by atoms with Crippen LogP contribution in [-0.2, 0) is 0 Å². The average molecular weight is 360 g/mol. The van der Waals surface area contributed by atoms with Crippen LogP contribution >= 0.6 is 0 Å². The first kappa shape index (κ1) is 19.5. The molecule has 0 aliphatic carbocycles. The fraction of sp³-hybridized carbons (Fsp3) is 0.389. The zero-order valence-corrected chi connectivity index (χ0v) is 14.8. The zero-order chi connectivity index (χ0) is 18.9. The highest BCUT2D eigenvalue weighted by molar-refractivity contribution is 5.94. The van der Waals surface area contributed by atoms with Gasteiger partial charge in [-0.1, -0.05) is 25.0 Å². The Labute approximate surface area is 151 Å². The molecular weight excluding hydrogens is 336 g/mol. The molecule has 1 amide bonds. The van der Waals surface area contributed by atoms with Crippen LogP contribution in [0.15, 0.2) is 35.1 Å². The number of benzene rings is 1. The summed E-state index contributed by atoms with van der Waals surface area (Å²) in [6.07, 6.45) is 3.73. The zero-order valence-electron chi connectivity index (χ0n) is 14.8. The van der Waals surface area contributed by atoms with E-state index in [0.29, 0.717) is 24.5 Å². The van der Waals surface area contributed by atoms with Gasteiger partial charge in [0.15, 0.2) is 11.4 Å². The van der Waals surface area contributed by atoms with E-state index in [9.17, 15) is 14.7 Å². The molecule has 0 saturated carbocycles. The summed E-state index contributed by atoms with van der Waals surface area (Å²) in [5.41, 5.74) is 5.05. The molecule has 0 unspecified atom stereocenters. The number of amides is 1. The molecule has 0 aliphatic heterocycles. The summed E-state index contributed by atoms with van der Waals surface area (Å²) in [4.78, 5) is 24.5. The first-order valence-corrected chi connectivity index (χ1v) is 8.53.